The minimum absolute atomic E-state index is 0.0949. The summed E-state index contributed by atoms with van der Waals surface area (Å²) in [6.45, 7) is 0. The summed E-state index contributed by atoms with van der Waals surface area (Å²) in [4.78, 5) is 36.5. The number of nitrogens with zero attached hydrogens (tertiary/aromatic N) is 3. The number of carbonyl (C=O) groups excluding carboxylic acids is 2. The van der Waals surface area contributed by atoms with Crippen LogP contribution >= 0.6 is 0 Å². The molecule has 4 atom stereocenters. The van der Waals surface area contributed by atoms with Gasteiger partial charge >= 0.3 is 0 Å². The maximum atomic E-state index is 12.8. The van der Waals surface area contributed by atoms with Gasteiger partial charge in [-0.2, -0.15) is 10.1 Å². The normalized spacial score (nSPS) is 26.7. The van der Waals surface area contributed by atoms with Crippen LogP contribution in [0.1, 0.15) is 18.6 Å². The van der Waals surface area contributed by atoms with Gasteiger partial charge in [0.15, 0.2) is 0 Å². The molecule has 2 fully saturated rings. The number of fused-ring (bicyclic) bond motifs is 1. The van der Waals surface area contributed by atoms with Crippen molar-refractivity contribution in [1.82, 2.24) is 5.01 Å². The molecule has 9 heteroatoms. The molecule has 158 valence electrons. The van der Waals surface area contributed by atoms with Crippen molar-refractivity contribution < 1.29 is 23.7 Å². The van der Waals surface area contributed by atoms with Gasteiger partial charge in [-0.15, -0.1) is 0 Å². The Morgan fingerprint density at radius 2 is 1.81 bits per heavy atom. The number of furan rings is 1. The lowest BCUT2D eigenvalue weighted by atomic mass is 9.63. The van der Waals surface area contributed by atoms with Crippen LogP contribution in [-0.4, -0.2) is 35.1 Å². The first-order valence-corrected chi connectivity index (χ1v) is 10.0. The molecule has 1 aromatic heterocycles. The third-order valence-corrected chi connectivity index (χ3v) is 6.33. The van der Waals surface area contributed by atoms with Crippen LogP contribution in [0.15, 0.2) is 52.0 Å². The van der Waals surface area contributed by atoms with E-state index in [1.807, 2.05) is 12.2 Å². The van der Waals surface area contributed by atoms with Crippen molar-refractivity contribution in [2.75, 3.05) is 7.11 Å². The summed E-state index contributed by atoms with van der Waals surface area (Å²) in [5.74, 6) is -0.118. The van der Waals surface area contributed by atoms with Crippen LogP contribution in [0.4, 0.5) is 5.69 Å². The molecule has 2 aromatic rings. The predicted octanol–water partition coefficient (Wildman–Crippen LogP) is 3.39. The summed E-state index contributed by atoms with van der Waals surface area (Å²) in [5, 5.41) is 16.5. The molecule has 0 spiro atoms. The first-order valence-electron chi connectivity index (χ1n) is 10.0. The van der Waals surface area contributed by atoms with E-state index in [0.29, 0.717) is 5.75 Å². The second kappa shape index (κ2) is 7.19. The molecular formula is C22H19N3O6. The lowest BCUT2D eigenvalue weighted by molar-refractivity contribution is -0.384. The zero-order chi connectivity index (χ0) is 21.7. The van der Waals surface area contributed by atoms with E-state index in [1.165, 1.54) is 25.5 Å². The molecule has 1 aromatic carbocycles. The summed E-state index contributed by atoms with van der Waals surface area (Å²) in [5.41, 5.74) is 0.126. The van der Waals surface area contributed by atoms with E-state index >= 15 is 0 Å². The molecular weight excluding hydrogens is 402 g/mol. The fraction of sp³-hybridized carbons (Fsp3) is 0.318. The van der Waals surface area contributed by atoms with Crippen LogP contribution in [0, 0.1) is 33.8 Å². The maximum Gasteiger partial charge on any atom is 0.284 e. The monoisotopic (exact) mass is 421 g/mol. The molecule has 9 nitrogen and oxygen atoms in total. The molecule has 2 heterocycles. The first-order chi connectivity index (χ1) is 15.0. The van der Waals surface area contributed by atoms with Gasteiger partial charge < -0.3 is 9.15 Å². The van der Waals surface area contributed by atoms with Crippen molar-refractivity contribution >= 4 is 23.7 Å². The number of allylic oxidation sites excluding steroid dienone is 2. The van der Waals surface area contributed by atoms with Gasteiger partial charge in [-0.05, 0) is 48.9 Å². The number of methoxy groups -OCH3 is 1. The highest BCUT2D eigenvalue weighted by Crippen LogP contribution is 2.49. The SMILES string of the molecule is COc1ccc(-c2ccc(C=NN3C(=O)C4C5C=CC(CC5)C4C3=O)o2)c([N+](=O)[O-])c1. The number of hydrogen-bond acceptors (Lipinski definition) is 7. The standard InChI is InChI=1S/C22H19N3O6/c1-30-14-6-8-16(17(10-14)25(28)29)18-9-7-15(31-18)11-23-24-21(26)19-12-2-3-13(5-4-12)20(19)22(24)27/h2-3,6-13,19-20H,4-5H2,1H3. The van der Waals surface area contributed by atoms with E-state index in [0.717, 1.165) is 17.9 Å². The molecule has 0 N–H and O–H groups in total. The van der Waals surface area contributed by atoms with Crippen LogP contribution in [-0.2, 0) is 9.59 Å². The zero-order valence-corrected chi connectivity index (χ0v) is 16.6. The minimum Gasteiger partial charge on any atom is -0.497 e. The van der Waals surface area contributed by atoms with Crippen molar-refractivity contribution in [3.8, 4) is 17.1 Å². The van der Waals surface area contributed by atoms with E-state index < -0.39 is 4.92 Å². The number of rotatable bonds is 5. The lowest BCUT2D eigenvalue weighted by Gasteiger charge is -2.37. The number of carbonyl (C=O) groups is 2. The third kappa shape index (κ3) is 3.04. The molecule has 1 aliphatic heterocycles. The lowest BCUT2D eigenvalue weighted by Crippen LogP contribution is -2.38. The maximum absolute atomic E-state index is 12.8. The summed E-state index contributed by atoms with van der Waals surface area (Å²) >= 11 is 0. The number of ether oxygens (including phenoxy) is 1. The first kappa shape index (κ1) is 19.2. The fourth-order valence-electron chi connectivity index (χ4n) is 4.85. The van der Waals surface area contributed by atoms with Gasteiger partial charge in [0, 0.05) is 0 Å². The minimum atomic E-state index is -0.514. The highest BCUT2D eigenvalue weighted by atomic mass is 16.6. The molecule has 0 radical (unpaired) electrons. The number of hydrogen-bond donors (Lipinski definition) is 0. The zero-order valence-electron chi connectivity index (χ0n) is 16.6. The van der Waals surface area contributed by atoms with Crippen LogP contribution in [0.3, 0.4) is 0 Å². The largest absolute Gasteiger partial charge is 0.497 e. The highest BCUT2D eigenvalue weighted by molar-refractivity contribution is 6.06. The number of imide groups is 1. The molecule has 3 aliphatic carbocycles. The Bertz CT molecular complexity index is 1120. The van der Waals surface area contributed by atoms with Crippen LogP contribution in [0.2, 0.25) is 0 Å². The average Bonchev–Trinajstić information content (AvgIpc) is 3.36. The number of amides is 2. The summed E-state index contributed by atoms with van der Waals surface area (Å²) < 4.78 is 10.7. The smallest absolute Gasteiger partial charge is 0.284 e. The Labute approximate surface area is 177 Å². The van der Waals surface area contributed by atoms with Crippen molar-refractivity contribution in [3.05, 3.63) is 58.4 Å². The van der Waals surface area contributed by atoms with Crippen molar-refractivity contribution in [1.29, 1.82) is 0 Å². The van der Waals surface area contributed by atoms with Crippen molar-refractivity contribution in [2.45, 2.75) is 12.8 Å². The number of hydrazone groups is 1. The fourth-order valence-corrected chi connectivity index (χ4v) is 4.85. The Kier molecular flexibility index (Phi) is 4.46. The molecule has 1 saturated carbocycles. The molecule has 31 heavy (non-hydrogen) atoms. The quantitative estimate of drug-likeness (QED) is 0.240. The van der Waals surface area contributed by atoms with Gasteiger partial charge in [-0.1, -0.05) is 12.2 Å². The van der Waals surface area contributed by atoms with Crippen molar-refractivity contribution in [2.24, 2.45) is 28.8 Å². The van der Waals surface area contributed by atoms with Gasteiger partial charge in [0.25, 0.3) is 17.5 Å². The van der Waals surface area contributed by atoms with Gasteiger partial charge in [0.05, 0.1) is 41.7 Å². The molecule has 6 rings (SSSR count). The second-order valence-electron chi connectivity index (χ2n) is 7.92. The highest BCUT2D eigenvalue weighted by Gasteiger charge is 2.56. The molecule has 1 saturated heterocycles. The van der Waals surface area contributed by atoms with E-state index in [2.05, 4.69) is 5.10 Å². The Balaban J connectivity index is 1.39. The topological polar surface area (TPSA) is 115 Å². The Morgan fingerprint density at radius 1 is 1.13 bits per heavy atom. The molecule has 4 aliphatic rings. The molecule has 2 amide bonds. The second-order valence-corrected chi connectivity index (χ2v) is 7.92. The number of nitro groups is 1. The van der Waals surface area contributed by atoms with Crippen LogP contribution < -0.4 is 4.74 Å². The van der Waals surface area contributed by atoms with Crippen molar-refractivity contribution in [3.63, 3.8) is 0 Å². The van der Waals surface area contributed by atoms with Crippen LogP contribution in [0.25, 0.3) is 11.3 Å². The average molecular weight is 421 g/mol. The summed E-state index contributed by atoms with van der Waals surface area (Å²) in [6.07, 6.45) is 7.23. The Hall–Kier alpha value is -3.75. The van der Waals surface area contributed by atoms with E-state index in [1.54, 1.807) is 18.2 Å². The number of nitro benzene ring substituents is 1. The van der Waals surface area contributed by atoms with E-state index in [4.69, 9.17) is 9.15 Å². The van der Waals surface area contributed by atoms with E-state index in [-0.39, 0.29) is 58.3 Å². The molecule has 4 unspecified atom stereocenters. The number of benzene rings is 1. The predicted molar refractivity (Wildman–Crippen MR) is 109 cm³/mol. The summed E-state index contributed by atoms with van der Waals surface area (Å²) in [7, 11) is 1.43. The van der Waals surface area contributed by atoms with Gasteiger partial charge in [-0.25, -0.2) is 0 Å². The summed E-state index contributed by atoms with van der Waals surface area (Å²) in [6, 6.07) is 7.61. The van der Waals surface area contributed by atoms with E-state index in [9.17, 15) is 19.7 Å². The van der Waals surface area contributed by atoms with Gasteiger partial charge in [-0.3, -0.25) is 19.7 Å². The molecule has 2 bridgehead atoms. The third-order valence-electron chi connectivity index (χ3n) is 6.33. The van der Waals surface area contributed by atoms with Gasteiger partial charge in [0.1, 0.15) is 17.3 Å². The van der Waals surface area contributed by atoms with Gasteiger partial charge in [0.2, 0.25) is 0 Å². The van der Waals surface area contributed by atoms with Crippen LogP contribution in [0.5, 0.6) is 5.75 Å². The Morgan fingerprint density at radius 3 is 2.39 bits per heavy atom.